The van der Waals surface area contributed by atoms with Crippen LogP contribution in [-0.2, 0) is 12.4 Å². The molecule has 0 N–H and O–H groups in total. The van der Waals surface area contributed by atoms with Crippen molar-refractivity contribution in [2.45, 2.75) is 12.4 Å². The van der Waals surface area contributed by atoms with Gasteiger partial charge in [0.25, 0.3) is 0 Å². The van der Waals surface area contributed by atoms with Crippen LogP contribution in [0.15, 0.2) is 60.7 Å². The second-order valence-electron chi connectivity index (χ2n) is 5.64. The summed E-state index contributed by atoms with van der Waals surface area (Å²) in [7, 11) is 0. The average Bonchev–Trinajstić information content (AvgIpc) is 2.60. The molecule has 8 heteroatoms. The predicted molar refractivity (Wildman–Crippen MR) is 97.8 cm³/mol. The van der Waals surface area contributed by atoms with Crippen molar-refractivity contribution in [2.24, 2.45) is 0 Å². The fourth-order valence-corrected chi connectivity index (χ4v) is 3.27. The zero-order chi connectivity index (χ0) is 19.8. The van der Waals surface area contributed by atoms with E-state index in [1.54, 1.807) is 0 Å². The minimum atomic E-state index is -4.61. The van der Waals surface area contributed by atoms with Gasteiger partial charge in [-0.15, -0.1) is 0 Å². The maximum absolute atomic E-state index is 13.3. The Balaban J connectivity index is 2.23. The van der Waals surface area contributed by atoms with Gasteiger partial charge < -0.3 is 0 Å². The van der Waals surface area contributed by atoms with Crippen molar-refractivity contribution in [1.82, 2.24) is 4.98 Å². The molecule has 0 atom stereocenters. The summed E-state index contributed by atoms with van der Waals surface area (Å²) in [5.74, 6) is 0. The van der Waals surface area contributed by atoms with Gasteiger partial charge in [-0.1, -0.05) is 36.4 Å². The van der Waals surface area contributed by atoms with Crippen LogP contribution in [0, 0.1) is 3.57 Å². The van der Waals surface area contributed by atoms with E-state index in [0.717, 1.165) is 12.1 Å². The Morgan fingerprint density at radius 2 is 1.00 bits per heavy atom. The third-order valence-corrected chi connectivity index (χ3v) is 4.43. The molecule has 1 aromatic heterocycles. The first-order chi connectivity index (χ1) is 12.6. The highest BCUT2D eigenvalue weighted by Gasteiger charge is 2.35. The predicted octanol–water partition coefficient (Wildman–Crippen LogP) is 7.06. The first kappa shape index (κ1) is 19.7. The molecule has 140 valence electrons. The fraction of sp³-hybridized carbons (Fsp3) is 0.105. The first-order valence-corrected chi connectivity index (χ1v) is 8.66. The maximum atomic E-state index is 13.3. The molecule has 27 heavy (non-hydrogen) atoms. The van der Waals surface area contributed by atoms with Gasteiger partial charge in [-0.25, -0.2) is 4.98 Å². The van der Waals surface area contributed by atoms with Crippen LogP contribution in [0.2, 0.25) is 0 Å². The molecule has 0 unspecified atom stereocenters. The number of pyridine rings is 1. The molecular formula is C19H10F6IN. The van der Waals surface area contributed by atoms with Crippen LogP contribution in [0.4, 0.5) is 26.3 Å². The number of nitrogens with zero attached hydrogens (tertiary/aromatic N) is 1. The number of benzene rings is 2. The molecule has 0 aliphatic rings. The molecule has 0 radical (unpaired) electrons. The number of hydrogen-bond acceptors (Lipinski definition) is 1. The number of halogens is 7. The van der Waals surface area contributed by atoms with Crippen LogP contribution in [-0.4, -0.2) is 4.98 Å². The summed E-state index contributed by atoms with van der Waals surface area (Å²) < 4.78 is 80.3. The molecule has 0 spiro atoms. The Kier molecular flexibility index (Phi) is 5.20. The van der Waals surface area contributed by atoms with Gasteiger partial charge in [0.05, 0.1) is 22.5 Å². The van der Waals surface area contributed by atoms with Crippen molar-refractivity contribution in [3.63, 3.8) is 0 Å². The van der Waals surface area contributed by atoms with E-state index in [1.165, 1.54) is 48.5 Å². The third kappa shape index (κ3) is 4.26. The summed E-state index contributed by atoms with van der Waals surface area (Å²) in [5.41, 5.74) is -2.24. The van der Waals surface area contributed by atoms with E-state index in [1.807, 2.05) is 22.6 Å². The quantitative estimate of drug-likeness (QED) is 0.275. The monoisotopic (exact) mass is 493 g/mol. The van der Waals surface area contributed by atoms with E-state index in [4.69, 9.17) is 0 Å². The molecule has 1 heterocycles. The van der Waals surface area contributed by atoms with Crippen molar-refractivity contribution >= 4 is 22.6 Å². The second kappa shape index (κ2) is 7.14. The zero-order valence-electron chi connectivity index (χ0n) is 13.4. The molecule has 2 aromatic carbocycles. The highest BCUT2D eigenvalue weighted by atomic mass is 127. The lowest BCUT2D eigenvalue weighted by atomic mass is 10.0. The molecule has 1 nitrogen and oxygen atoms in total. The van der Waals surface area contributed by atoms with Gasteiger partial charge in [0, 0.05) is 14.7 Å². The van der Waals surface area contributed by atoms with E-state index in [2.05, 4.69) is 4.98 Å². The van der Waals surface area contributed by atoms with Crippen molar-refractivity contribution in [3.8, 4) is 22.5 Å². The summed E-state index contributed by atoms with van der Waals surface area (Å²) in [6, 6.07) is 12.5. The molecule has 0 saturated heterocycles. The van der Waals surface area contributed by atoms with Gasteiger partial charge in [-0.3, -0.25) is 0 Å². The van der Waals surface area contributed by atoms with Crippen molar-refractivity contribution in [2.75, 3.05) is 0 Å². The highest BCUT2D eigenvalue weighted by Crippen LogP contribution is 2.39. The SMILES string of the molecule is FC(F)(F)c1ccccc1-c1cc(I)cc(-c2ccccc2C(F)(F)F)n1. The number of aromatic nitrogens is 1. The number of hydrogen-bond donors (Lipinski definition) is 0. The normalized spacial score (nSPS) is 12.3. The van der Waals surface area contributed by atoms with E-state index < -0.39 is 23.5 Å². The number of rotatable bonds is 2. The summed E-state index contributed by atoms with van der Waals surface area (Å²) in [5, 5.41) is 0. The van der Waals surface area contributed by atoms with Crippen LogP contribution >= 0.6 is 22.6 Å². The molecule has 0 fully saturated rings. The van der Waals surface area contributed by atoms with Gasteiger partial charge in [0.1, 0.15) is 0 Å². The van der Waals surface area contributed by atoms with E-state index >= 15 is 0 Å². The lowest BCUT2D eigenvalue weighted by molar-refractivity contribution is -0.137. The average molecular weight is 493 g/mol. The Bertz CT molecular complexity index is 903. The molecule has 0 aliphatic carbocycles. The highest BCUT2D eigenvalue weighted by molar-refractivity contribution is 14.1. The largest absolute Gasteiger partial charge is 0.417 e. The Hall–Kier alpha value is -2.10. The van der Waals surface area contributed by atoms with E-state index in [-0.39, 0.29) is 22.5 Å². The summed E-state index contributed by atoms with van der Waals surface area (Å²) >= 11 is 1.85. The van der Waals surface area contributed by atoms with Gasteiger partial charge >= 0.3 is 12.4 Å². The molecule has 0 amide bonds. The molecular weight excluding hydrogens is 483 g/mol. The molecule has 0 aliphatic heterocycles. The smallest absolute Gasteiger partial charge is 0.248 e. The standard InChI is InChI=1S/C19H10F6IN/c20-18(21,22)14-7-3-1-5-12(14)16-9-11(26)10-17(27-16)13-6-2-4-8-15(13)19(23,24)25/h1-10H. The molecule has 3 rings (SSSR count). The van der Waals surface area contributed by atoms with Gasteiger partial charge in [-0.2, -0.15) is 26.3 Å². The van der Waals surface area contributed by atoms with Crippen molar-refractivity contribution < 1.29 is 26.3 Å². The topological polar surface area (TPSA) is 12.9 Å². The molecule has 3 aromatic rings. The maximum Gasteiger partial charge on any atom is 0.417 e. The van der Waals surface area contributed by atoms with Crippen LogP contribution in [0.5, 0.6) is 0 Å². The Morgan fingerprint density at radius 1 is 0.630 bits per heavy atom. The fourth-order valence-electron chi connectivity index (χ4n) is 2.68. The van der Waals surface area contributed by atoms with Crippen LogP contribution in [0.1, 0.15) is 11.1 Å². The Morgan fingerprint density at radius 3 is 1.37 bits per heavy atom. The third-order valence-electron chi connectivity index (χ3n) is 3.81. The van der Waals surface area contributed by atoms with Crippen LogP contribution in [0.3, 0.4) is 0 Å². The van der Waals surface area contributed by atoms with Crippen molar-refractivity contribution in [3.05, 3.63) is 75.4 Å². The summed E-state index contributed by atoms with van der Waals surface area (Å²) in [4.78, 5) is 4.12. The summed E-state index contributed by atoms with van der Waals surface area (Å²) in [6.45, 7) is 0. The lowest BCUT2D eigenvalue weighted by Crippen LogP contribution is -2.09. The van der Waals surface area contributed by atoms with Crippen LogP contribution in [0.25, 0.3) is 22.5 Å². The van der Waals surface area contributed by atoms with Crippen LogP contribution < -0.4 is 0 Å². The summed E-state index contributed by atoms with van der Waals surface area (Å²) in [6.07, 6.45) is -9.22. The van der Waals surface area contributed by atoms with E-state index in [0.29, 0.717) is 3.57 Å². The van der Waals surface area contributed by atoms with Gasteiger partial charge in [0.2, 0.25) is 0 Å². The first-order valence-electron chi connectivity index (χ1n) is 7.58. The molecule has 0 bridgehead atoms. The number of alkyl halides is 6. The second-order valence-corrected chi connectivity index (χ2v) is 6.89. The van der Waals surface area contributed by atoms with Gasteiger partial charge in [0.15, 0.2) is 0 Å². The zero-order valence-corrected chi connectivity index (χ0v) is 15.5. The van der Waals surface area contributed by atoms with Crippen molar-refractivity contribution in [1.29, 1.82) is 0 Å². The Labute approximate surface area is 164 Å². The lowest BCUT2D eigenvalue weighted by Gasteiger charge is -2.15. The minimum Gasteiger partial charge on any atom is -0.248 e. The minimum absolute atomic E-state index is 0.0400. The van der Waals surface area contributed by atoms with E-state index in [9.17, 15) is 26.3 Å². The van der Waals surface area contributed by atoms with Gasteiger partial charge in [-0.05, 0) is 46.9 Å². The molecule has 0 saturated carbocycles.